The van der Waals surface area contributed by atoms with Gasteiger partial charge in [-0.2, -0.15) is 0 Å². The number of rotatable bonds is 2. The summed E-state index contributed by atoms with van der Waals surface area (Å²) in [5.74, 6) is 0.988. The van der Waals surface area contributed by atoms with E-state index in [2.05, 4.69) is 45.0 Å². The third-order valence-corrected chi connectivity index (χ3v) is 3.67. The van der Waals surface area contributed by atoms with Crippen LogP contribution in [0.15, 0.2) is 24.3 Å². The molecule has 0 heterocycles. The summed E-state index contributed by atoms with van der Waals surface area (Å²) in [6.45, 7) is 6.67. The molecule has 0 aromatic heterocycles. The second kappa shape index (κ2) is 5.31. The number of hydrogen-bond donors (Lipinski definition) is 1. The second-order valence-corrected chi connectivity index (χ2v) is 6.44. The Morgan fingerprint density at radius 3 is 2.67 bits per heavy atom. The van der Waals surface area contributed by atoms with Crippen LogP contribution in [0.4, 0.5) is 0 Å². The Hall–Kier alpha value is -1.02. The number of benzene rings is 1. The van der Waals surface area contributed by atoms with E-state index in [1.807, 2.05) is 0 Å². The van der Waals surface area contributed by atoms with Gasteiger partial charge in [0.1, 0.15) is 11.9 Å². The molecule has 100 valence electrons. The predicted octanol–water partition coefficient (Wildman–Crippen LogP) is 3.63. The van der Waals surface area contributed by atoms with Crippen LogP contribution >= 0.6 is 0 Å². The topological polar surface area (TPSA) is 35.2 Å². The van der Waals surface area contributed by atoms with Gasteiger partial charge >= 0.3 is 0 Å². The first-order valence-corrected chi connectivity index (χ1v) is 6.98. The summed E-state index contributed by atoms with van der Waals surface area (Å²) in [4.78, 5) is 0. The summed E-state index contributed by atoms with van der Waals surface area (Å²) in [7, 11) is 0. The fraction of sp³-hybridized carbons (Fsp3) is 0.625. The minimum atomic E-state index is 0.169. The zero-order valence-electron chi connectivity index (χ0n) is 11.8. The van der Waals surface area contributed by atoms with Crippen LogP contribution in [0, 0.1) is 0 Å². The lowest BCUT2D eigenvalue weighted by atomic mass is 9.87. The molecule has 0 radical (unpaired) electrons. The lowest BCUT2D eigenvalue weighted by Gasteiger charge is -2.28. The summed E-state index contributed by atoms with van der Waals surface area (Å²) in [5.41, 5.74) is 7.49. The Morgan fingerprint density at radius 1 is 1.22 bits per heavy atom. The van der Waals surface area contributed by atoms with Crippen molar-refractivity contribution in [1.82, 2.24) is 0 Å². The Kier molecular flexibility index (Phi) is 3.96. The molecule has 0 bridgehead atoms. The van der Waals surface area contributed by atoms with Gasteiger partial charge in [0.05, 0.1) is 0 Å². The van der Waals surface area contributed by atoms with Gasteiger partial charge < -0.3 is 10.5 Å². The maximum absolute atomic E-state index is 6.08. The normalized spacial score (nSPS) is 24.9. The Labute approximate surface area is 111 Å². The van der Waals surface area contributed by atoms with E-state index in [1.54, 1.807) is 0 Å². The van der Waals surface area contributed by atoms with Gasteiger partial charge in [0, 0.05) is 6.04 Å². The van der Waals surface area contributed by atoms with Gasteiger partial charge in [-0.25, -0.2) is 0 Å². The van der Waals surface area contributed by atoms with E-state index in [1.165, 1.54) is 12.0 Å². The van der Waals surface area contributed by atoms with Crippen LogP contribution in [0.5, 0.6) is 5.75 Å². The molecule has 2 nitrogen and oxygen atoms in total. The summed E-state index contributed by atoms with van der Waals surface area (Å²) in [6, 6.07) is 8.78. The highest BCUT2D eigenvalue weighted by molar-refractivity contribution is 5.32. The Balaban J connectivity index is 2.05. The Bertz CT molecular complexity index is 394. The molecule has 1 aliphatic carbocycles. The van der Waals surface area contributed by atoms with Crippen LogP contribution in [0.25, 0.3) is 0 Å². The summed E-state index contributed by atoms with van der Waals surface area (Å²) >= 11 is 0. The van der Waals surface area contributed by atoms with Crippen LogP contribution in [-0.2, 0) is 5.41 Å². The predicted molar refractivity (Wildman–Crippen MR) is 76.0 cm³/mol. The van der Waals surface area contributed by atoms with Crippen LogP contribution in [-0.4, -0.2) is 12.1 Å². The first-order chi connectivity index (χ1) is 8.45. The van der Waals surface area contributed by atoms with Crippen molar-refractivity contribution in [2.24, 2.45) is 5.73 Å². The molecule has 0 saturated heterocycles. The van der Waals surface area contributed by atoms with Crippen molar-refractivity contribution < 1.29 is 4.74 Å². The summed E-state index contributed by atoms with van der Waals surface area (Å²) in [5, 5.41) is 0. The third kappa shape index (κ3) is 3.49. The van der Waals surface area contributed by atoms with Crippen LogP contribution < -0.4 is 10.5 Å². The molecular formula is C16H25NO. The highest BCUT2D eigenvalue weighted by atomic mass is 16.5. The first kappa shape index (κ1) is 13.4. The average molecular weight is 247 g/mol. The number of ether oxygens (including phenoxy) is 1. The lowest BCUT2D eigenvalue weighted by Crippen LogP contribution is -2.33. The van der Waals surface area contributed by atoms with Crippen molar-refractivity contribution in [3.63, 3.8) is 0 Å². The van der Waals surface area contributed by atoms with Gasteiger partial charge in [-0.1, -0.05) is 32.9 Å². The molecule has 0 spiro atoms. The molecule has 1 aromatic rings. The third-order valence-electron chi connectivity index (χ3n) is 3.67. The Morgan fingerprint density at radius 2 is 2.00 bits per heavy atom. The average Bonchev–Trinajstić information content (AvgIpc) is 2.28. The van der Waals surface area contributed by atoms with E-state index < -0.39 is 0 Å². The van der Waals surface area contributed by atoms with Gasteiger partial charge in [-0.15, -0.1) is 0 Å². The molecule has 18 heavy (non-hydrogen) atoms. The second-order valence-electron chi connectivity index (χ2n) is 6.44. The van der Waals surface area contributed by atoms with Gasteiger partial charge in [0.15, 0.2) is 0 Å². The van der Waals surface area contributed by atoms with Gasteiger partial charge in [0.25, 0.3) is 0 Å². The smallest absolute Gasteiger partial charge is 0.120 e. The lowest BCUT2D eigenvalue weighted by molar-refractivity contribution is 0.144. The maximum Gasteiger partial charge on any atom is 0.120 e. The van der Waals surface area contributed by atoms with Gasteiger partial charge in [-0.3, -0.25) is 0 Å². The van der Waals surface area contributed by atoms with Crippen molar-refractivity contribution in [2.75, 3.05) is 0 Å². The quantitative estimate of drug-likeness (QED) is 0.866. The van der Waals surface area contributed by atoms with Crippen LogP contribution in [0.1, 0.15) is 52.0 Å². The van der Waals surface area contributed by atoms with Crippen LogP contribution in [0.2, 0.25) is 0 Å². The van der Waals surface area contributed by atoms with Gasteiger partial charge in [-0.05, 0) is 48.8 Å². The molecule has 2 unspecified atom stereocenters. The molecule has 1 fully saturated rings. The van der Waals surface area contributed by atoms with Gasteiger partial charge in [0.2, 0.25) is 0 Å². The zero-order valence-corrected chi connectivity index (χ0v) is 11.8. The van der Waals surface area contributed by atoms with Crippen molar-refractivity contribution in [3.05, 3.63) is 29.8 Å². The molecule has 2 heteroatoms. The molecule has 1 saturated carbocycles. The standard InChI is InChI=1S/C16H25NO/c1-16(2,3)12-6-4-8-14(10-12)18-15-9-5-7-13(17)11-15/h4,6,8,10,13,15H,5,7,9,11,17H2,1-3H3. The van der Waals surface area contributed by atoms with E-state index in [0.29, 0.717) is 12.1 Å². The van der Waals surface area contributed by atoms with E-state index in [4.69, 9.17) is 10.5 Å². The van der Waals surface area contributed by atoms with E-state index in [9.17, 15) is 0 Å². The largest absolute Gasteiger partial charge is 0.490 e. The maximum atomic E-state index is 6.08. The molecule has 2 atom stereocenters. The molecule has 1 aromatic carbocycles. The summed E-state index contributed by atoms with van der Waals surface area (Å²) < 4.78 is 6.08. The first-order valence-electron chi connectivity index (χ1n) is 6.98. The minimum Gasteiger partial charge on any atom is -0.490 e. The molecular weight excluding hydrogens is 222 g/mol. The summed E-state index contributed by atoms with van der Waals surface area (Å²) in [6.07, 6.45) is 4.74. The SMILES string of the molecule is CC(C)(C)c1cccc(OC2CCCC(N)C2)c1. The molecule has 0 amide bonds. The van der Waals surface area contributed by atoms with Crippen LogP contribution in [0.3, 0.4) is 0 Å². The molecule has 2 N–H and O–H groups in total. The van der Waals surface area contributed by atoms with E-state index in [0.717, 1.165) is 25.0 Å². The van der Waals surface area contributed by atoms with Crippen molar-refractivity contribution in [3.8, 4) is 5.75 Å². The minimum absolute atomic E-state index is 0.169. The van der Waals surface area contributed by atoms with E-state index in [-0.39, 0.29) is 5.41 Å². The number of hydrogen-bond acceptors (Lipinski definition) is 2. The molecule has 1 aliphatic rings. The van der Waals surface area contributed by atoms with E-state index >= 15 is 0 Å². The van der Waals surface area contributed by atoms with Crippen molar-refractivity contribution in [1.29, 1.82) is 0 Å². The van der Waals surface area contributed by atoms with Crippen molar-refractivity contribution >= 4 is 0 Å². The monoisotopic (exact) mass is 247 g/mol. The number of nitrogens with two attached hydrogens (primary N) is 1. The zero-order chi connectivity index (χ0) is 13.2. The molecule has 0 aliphatic heterocycles. The highest BCUT2D eigenvalue weighted by Crippen LogP contribution is 2.28. The highest BCUT2D eigenvalue weighted by Gasteiger charge is 2.21. The van der Waals surface area contributed by atoms with Crippen molar-refractivity contribution in [2.45, 2.75) is 64.0 Å². The fourth-order valence-electron chi connectivity index (χ4n) is 2.52. The fourth-order valence-corrected chi connectivity index (χ4v) is 2.52. The molecule has 2 rings (SSSR count).